The molecule has 0 saturated carbocycles. The van der Waals surface area contributed by atoms with E-state index in [-0.39, 0.29) is 6.03 Å². The maximum Gasteiger partial charge on any atom is 0.319 e. The number of nitrogens with one attached hydrogen (secondary N) is 2. The Hall–Kier alpha value is -3.15. The molecule has 1 heterocycles. The third-order valence-electron chi connectivity index (χ3n) is 4.19. The number of urea groups is 1. The molecule has 0 bridgehead atoms. The lowest BCUT2D eigenvalue weighted by Crippen LogP contribution is -2.30. The highest BCUT2D eigenvalue weighted by atomic mass is 16.5. The molecular weight excluding hydrogens is 328 g/mol. The number of rotatable bonds is 5. The summed E-state index contributed by atoms with van der Waals surface area (Å²) in [4.78, 5) is 21.1. The third-order valence-corrected chi connectivity index (χ3v) is 4.19. The van der Waals surface area contributed by atoms with Crippen molar-refractivity contribution in [2.24, 2.45) is 0 Å². The molecule has 6 nitrogen and oxygen atoms in total. The van der Waals surface area contributed by atoms with Gasteiger partial charge in [0, 0.05) is 12.2 Å². The summed E-state index contributed by atoms with van der Waals surface area (Å²) < 4.78 is 5.13. The van der Waals surface area contributed by atoms with Crippen molar-refractivity contribution < 1.29 is 9.53 Å². The minimum absolute atomic E-state index is 0.241. The van der Waals surface area contributed by atoms with Gasteiger partial charge in [-0.05, 0) is 56.2 Å². The van der Waals surface area contributed by atoms with Gasteiger partial charge in [0.1, 0.15) is 5.75 Å². The van der Waals surface area contributed by atoms with Crippen molar-refractivity contribution in [1.29, 1.82) is 0 Å². The molecule has 0 aliphatic carbocycles. The van der Waals surface area contributed by atoms with Gasteiger partial charge >= 0.3 is 6.03 Å². The number of carbonyl (C=O) groups excluding carboxylic acids is 1. The van der Waals surface area contributed by atoms with Gasteiger partial charge in [0.15, 0.2) is 0 Å². The van der Waals surface area contributed by atoms with E-state index < -0.39 is 0 Å². The van der Waals surface area contributed by atoms with E-state index in [4.69, 9.17) is 4.74 Å². The molecule has 1 aromatic heterocycles. The fraction of sp³-hybridized carbons (Fsp3) is 0.250. The van der Waals surface area contributed by atoms with Crippen LogP contribution in [-0.4, -0.2) is 29.7 Å². The molecule has 0 aliphatic heterocycles. The Morgan fingerprint density at radius 1 is 1.00 bits per heavy atom. The quantitative estimate of drug-likeness (QED) is 0.737. The van der Waals surface area contributed by atoms with Crippen LogP contribution in [0.1, 0.15) is 17.0 Å². The van der Waals surface area contributed by atoms with Gasteiger partial charge < -0.3 is 15.4 Å². The molecule has 0 spiro atoms. The van der Waals surface area contributed by atoms with Crippen LogP contribution in [0.4, 0.5) is 10.5 Å². The topological polar surface area (TPSA) is 76.1 Å². The number of ether oxygens (including phenoxy) is 1. The Morgan fingerprint density at radius 3 is 2.38 bits per heavy atom. The Balaban J connectivity index is 1.55. The van der Waals surface area contributed by atoms with Gasteiger partial charge in [-0.2, -0.15) is 0 Å². The summed E-state index contributed by atoms with van der Waals surface area (Å²) in [5, 5.41) is 5.69. The van der Waals surface area contributed by atoms with Crippen molar-refractivity contribution >= 4 is 22.8 Å². The predicted molar refractivity (Wildman–Crippen MR) is 103 cm³/mol. The molecule has 6 heteroatoms. The molecule has 0 atom stereocenters. The summed E-state index contributed by atoms with van der Waals surface area (Å²) in [5.74, 6) is 0.823. The second-order valence-corrected chi connectivity index (χ2v) is 6.08. The molecule has 3 aromatic rings. The molecule has 26 heavy (non-hydrogen) atoms. The van der Waals surface area contributed by atoms with E-state index in [0.29, 0.717) is 12.2 Å². The fourth-order valence-corrected chi connectivity index (χ4v) is 2.60. The lowest BCUT2D eigenvalue weighted by atomic mass is 10.1. The van der Waals surface area contributed by atoms with Crippen molar-refractivity contribution in [3.8, 4) is 5.75 Å². The fourth-order valence-electron chi connectivity index (χ4n) is 2.60. The van der Waals surface area contributed by atoms with Gasteiger partial charge in [-0.1, -0.05) is 12.1 Å². The molecule has 0 unspecified atom stereocenters. The van der Waals surface area contributed by atoms with Crippen molar-refractivity contribution in [2.45, 2.75) is 20.3 Å². The van der Waals surface area contributed by atoms with E-state index in [0.717, 1.165) is 40.2 Å². The van der Waals surface area contributed by atoms with Gasteiger partial charge in [-0.15, -0.1) is 0 Å². The number of carbonyl (C=O) groups is 1. The lowest BCUT2D eigenvalue weighted by Gasteiger charge is -2.09. The smallest absolute Gasteiger partial charge is 0.319 e. The molecule has 0 radical (unpaired) electrons. The number of amides is 2. The first-order valence-electron chi connectivity index (χ1n) is 8.48. The Kier molecular flexibility index (Phi) is 5.31. The van der Waals surface area contributed by atoms with Crippen molar-refractivity contribution in [2.75, 3.05) is 19.0 Å². The van der Waals surface area contributed by atoms with Crippen LogP contribution in [0.2, 0.25) is 0 Å². The molecule has 2 N–H and O–H groups in total. The van der Waals surface area contributed by atoms with Gasteiger partial charge in [0.2, 0.25) is 0 Å². The number of methoxy groups -OCH3 is 1. The van der Waals surface area contributed by atoms with Crippen LogP contribution >= 0.6 is 0 Å². The number of fused-ring (bicyclic) bond motifs is 1. The molecule has 2 amide bonds. The molecule has 0 saturated heterocycles. The summed E-state index contributed by atoms with van der Waals surface area (Å²) in [5.41, 5.74) is 5.21. The molecular formula is C20H22N4O2. The first-order valence-corrected chi connectivity index (χ1v) is 8.48. The first-order chi connectivity index (χ1) is 12.5. The highest BCUT2D eigenvalue weighted by Crippen LogP contribution is 2.17. The minimum Gasteiger partial charge on any atom is -0.497 e. The van der Waals surface area contributed by atoms with Crippen LogP contribution in [0, 0.1) is 13.8 Å². The zero-order valence-corrected chi connectivity index (χ0v) is 15.2. The van der Waals surface area contributed by atoms with Crippen LogP contribution in [-0.2, 0) is 6.42 Å². The zero-order chi connectivity index (χ0) is 18.5. The number of benzene rings is 2. The SMILES string of the molecule is COc1ccc(CCNC(=O)Nc2ccc3nc(C)c(C)nc3c2)cc1. The molecule has 0 aliphatic rings. The third kappa shape index (κ3) is 4.27. The number of aromatic nitrogens is 2. The molecule has 2 aromatic carbocycles. The number of nitrogens with zero attached hydrogens (tertiary/aromatic N) is 2. The molecule has 0 fully saturated rings. The highest BCUT2D eigenvalue weighted by Gasteiger charge is 2.05. The first kappa shape index (κ1) is 17.7. The summed E-state index contributed by atoms with van der Waals surface area (Å²) in [6.45, 7) is 4.40. The predicted octanol–water partition coefficient (Wildman–Crippen LogP) is 3.62. The summed E-state index contributed by atoms with van der Waals surface area (Å²) in [6.07, 6.45) is 0.749. The minimum atomic E-state index is -0.241. The van der Waals surface area contributed by atoms with Crippen molar-refractivity contribution in [1.82, 2.24) is 15.3 Å². The second kappa shape index (κ2) is 7.82. The number of anilines is 1. The maximum atomic E-state index is 12.1. The highest BCUT2D eigenvalue weighted by molar-refractivity contribution is 5.91. The van der Waals surface area contributed by atoms with E-state index in [1.165, 1.54) is 0 Å². The lowest BCUT2D eigenvalue weighted by molar-refractivity contribution is 0.252. The number of aryl methyl sites for hydroxylation is 2. The number of hydrogen-bond donors (Lipinski definition) is 2. The number of hydrogen-bond acceptors (Lipinski definition) is 4. The standard InChI is InChI=1S/C20H22N4O2/c1-13-14(2)23-19-12-16(6-9-18(19)22-13)24-20(25)21-11-10-15-4-7-17(26-3)8-5-15/h4-9,12H,10-11H2,1-3H3,(H2,21,24,25). The van der Waals surface area contributed by atoms with Gasteiger partial charge in [0.25, 0.3) is 0 Å². The maximum absolute atomic E-state index is 12.1. The Morgan fingerprint density at radius 2 is 1.69 bits per heavy atom. The summed E-state index contributed by atoms with van der Waals surface area (Å²) in [7, 11) is 1.64. The van der Waals surface area contributed by atoms with Crippen LogP contribution in [0.5, 0.6) is 5.75 Å². The zero-order valence-electron chi connectivity index (χ0n) is 15.2. The van der Waals surface area contributed by atoms with Gasteiger partial charge in [-0.25, -0.2) is 14.8 Å². The van der Waals surface area contributed by atoms with E-state index in [2.05, 4.69) is 20.6 Å². The van der Waals surface area contributed by atoms with Gasteiger partial charge in [0.05, 0.1) is 29.5 Å². The van der Waals surface area contributed by atoms with Crippen molar-refractivity contribution in [3.05, 3.63) is 59.4 Å². The monoisotopic (exact) mass is 350 g/mol. The Labute approximate surface area is 152 Å². The van der Waals surface area contributed by atoms with Crippen LogP contribution in [0.25, 0.3) is 11.0 Å². The summed E-state index contributed by atoms with van der Waals surface area (Å²) >= 11 is 0. The van der Waals surface area contributed by atoms with Crippen LogP contribution in [0.15, 0.2) is 42.5 Å². The molecule has 3 rings (SSSR count). The van der Waals surface area contributed by atoms with Gasteiger partial charge in [-0.3, -0.25) is 0 Å². The van der Waals surface area contributed by atoms with E-state index in [9.17, 15) is 4.79 Å². The van der Waals surface area contributed by atoms with E-state index in [1.54, 1.807) is 7.11 Å². The van der Waals surface area contributed by atoms with E-state index >= 15 is 0 Å². The summed E-state index contributed by atoms with van der Waals surface area (Å²) in [6, 6.07) is 13.1. The second-order valence-electron chi connectivity index (χ2n) is 6.08. The van der Waals surface area contributed by atoms with E-state index in [1.807, 2.05) is 56.3 Å². The van der Waals surface area contributed by atoms with Crippen LogP contribution < -0.4 is 15.4 Å². The molecule has 134 valence electrons. The average molecular weight is 350 g/mol. The average Bonchev–Trinajstić information content (AvgIpc) is 2.63. The largest absolute Gasteiger partial charge is 0.497 e. The van der Waals surface area contributed by atoms with Crippen molar-refractivity contribution in [3.63, 3.8) is 0 Å². The van der Waals surface area contributed by atoms with Crippen LogP contribution in [0.3, 0.4) is 0 Å². The normalized spacial score (nSPS) is 10.6. The Bertz CT molecular complexity index is 923.